The van der Waals surface area contributed by atoms with E-state index in [4.69, 9.17) is 14.2 Å². The summed E-state index contributed by atoms with van der Waals surface area (Å²) in [6, 6.07) is 15.9. The predicted molar refractivity (Wildman–Crippen MR) is 111 cm³/mol. The normalized spacial score (nSPS) is 12.0. The maximum Gasteiger partial charge on any atom is 0.408 e. The van der Waals surface area contributed by atoms with Gasteiger partial charge in [-0.3, -0.25) is 0 Å². The lowest BCUT2D eigenvalue weighted by atomic mass is 10.1. The van der Waals surface area contributed by atoms with Gasteiger partial charge in [-0.05, 0) is 51.0 Å². The van der Waals surface area contributed by atoms with Crippen molar-refractivity contribution >= 4 is 12.1 Å². The van der Waals surface area contributed by atoms with Crippen molar-refractivity contribution in [1.29, 1.82) is 0 Å². The molecule has 0 saturated carbocycles. The third-order valence-corrected chi connectivity index (χ3v) is 3.86. The molecule has 0 aliphatic rings. The van der Waals surface area contributed by atoms with Gasteiger partial charge in [-0.1, -0.05) is 42.5 Å². The molecule has 0 aliphatic heterocycles. The summed E-state index contributed by atoms with van der Waals surface area (Å²) in [5.41, 5.74) is 1.44. The third kappa shape index (κ3) is 8.25. The van der Waals surface area contributed by atoms with Crippen LogP contribution in [0.5, 0.6) is 5.75 Å². The monoisotopic (exact) mass is 399 g/mol. The number of amides is 1. The molecule has 0 saturated heterocycles. The van der Waals surface area contributed by atoms with Crippen LogP contribution < -0.4 is 10.1 Å². The number of hydrogen-bond acceptors (Lipinski definition) is 5. The molecule has 0 aliphatic carbocycles. The van der Waals surface area contributed by atoms with E-state index in [0.717, 1.165) is 16.9 Å². The molecule has 2 aromatic rings. The molecule has 0 heterocycles. The van der Waals surface area contributed by atoms with Crippen LogP contribution in [0.25, 0.3) is 0 Å². The molecular weight excluding hydrogens is 370 g/mol. The van der Waals surface area contributed by atoms with Gasteiger partial charge in [-0.15, -0.1) is 0 Å². The van der Waals surface area contributed by atoms with E-state index in [9.17, 15) is 9.59 Å². The third-order valence-electron chi connectivity index (χ3n) is 3.86. The van der Waals surface area contributed by atoms with Gasteiger partial charge in [0.05, 0.1) is 6.61 Å². The van der Waals surface area contributed by atoms with Crippen molar-refractivity contribution in [2.24, 2.45) is 0 Å². The van der Waals surface area contributed by atoms with Crippen molar-refractivity contribution in [2.45, 2.75) is 52.4 Å². The highest BCUT2D eigenvalue weighted by Crippen LogP contribution is 2.19. The first kappa shape index (κ1) is 22.3. The van der Waals surface area contributed by atoms with Crippen LogP contribution >= 0.6 is 0 Å². The maximum absolute atomic E-state index is 12.3. The van der Waals surface area contributed by atoms with E-state index >= 15 is 0 Å². The number of ether oxygens (including phenoxy) is 3. The number of alkyl carbamates (subject to hydrolysis) is 1. The molecular formula is C23H29NO5. The maximum atomic E-state index is 12.3. The number of carbonyl (C=O) groups is 2. The Kier molecular flexibility index (Phi) is 8.07. The van der Waals surface area contributed by atoms with Crippen molar-refractivity contribution in [3.05, 3.63) is 65.7 Å². The lowest BCUT2D eigenvalue weighted by Crippen LogP contribution is -2.43. The lowest BCUT2D eigenvalue weighted by Gasteiger charge is -2.21. The van der Waals surface area contributed by atoms with Gasteiger partial charge in [-0.2, -0.15) is 0 Å². The average molecular weight is 399 g/mol. The Labute approximate surface area is 172 Å². The van der Waals surface area contributed by atoms with Crippen molar-refractivity contribution in [3.8, 4) is 5.75 Å². The Bertz CT molecular complexity index is 781. The Hall–Kier alpha value is -3.02. The highest BCUT2D eigenvalue weighted by atomic mass is 16.6. The molecule has 6 nitrogen and oxygen atoms in total. The van der Waals surface area contributed by atoms with Gasteiger partial charge in [0.25, 0.3) is 0 Å². The number of esters is 1. The summed E-state index contributed by atoms with van der Waals surface area (Å²) in [5, 5.41) is 2.61. The fraction of sp³-hybridized carbons (Fsp3) is 0.391. The van der Waals surface area contributed by atoms with Crippen LogP contribution in [0.15, 0.2) is 54.6 Å². The average Bonchev–Trinajstić information content (AvgIpc) is 2.67. The van der Waals surface area contributed by atoms with Crippen LogP contribution in [-0.4, -0.2) is 30.3 Å². The molecule has 29 heavy (non-hydrogen) atoms. The second-order valence-corrected chi connectivity index (χ2v) is 7.57. The molecule has 1 amide bonds. The molecule has 6 heteroatoms. The molecule has 1 unspecified atom stereocenters. The van der Waals surface area contributed by atoms with Gasteiger partial charge in [0.15, 0.2) is 0 Å². The molecule has 2 aromatic carbocycles. The summed E-state index contributed by atoms with van der Waals surface area (Å²) in [6.07, 6.45) is -0.380. The Morgan fingerprint density at radius 1 is 0.931 bits per heavy atom. The molecule has 0 fully saturated rings. The van der Waals surface area contributed by atoms with Crippen LogP contribution in [0.2, 0.25) is 0 Å². The fourth-order valence-corrected chi connectivity index (χ4v) is 2.63. The van der Waals surface area contributed by atoms with Gasteiger partial charge in [0.2, 0.25) is 0 Å². The highest BCUT2D eigenvalue weighted by Gasteiger charge is 2.23. The zero-order valence-corrected chi connectivity index (χ0v) is 17.4. The summed E-state index contributed by atoms with van der Waals surface area (Å²) >= 11 is 0. The number of rotatable bonds is 8. The van der Waals surface area contributed by atoms with Gasteiger partial charge >= 0.3 is 12.1 Å². The number of carbonyl (C=O) groups excluding carboxylic acids is 2. The second kappa shape index (κ2) is 10.5. The van der Waals surface area contributed by atoms with E-state index in [0.29, 0.717) is 0 Å². The van der Waals surface area contributed by atoms with Gasteiger partial charge in [0.1, 0.15) is 24.0 Å². The molecule has 0 radical (unpaired) electrons. The van der Waals surface area contributed by atoms with Gasteiger partial charge in [-0.25, -0.2) is 9.59 Å². The first-order valence-electron chi connectivity index (χ1n) is 9.68. The molecule has 156 valence electrons. The molecule has 0 aromatic heterocycles. The lowest BCUT2D eigenvalue weighted by molar-refractivity contribution is -0.145. The van der Waals surface area contributed by atoms with Crippen LogP contribution in [0.3, 0.4) is 0 Å². The molecule has 0 bridgehead atoms. The topological polar surface area (TPSA) is 73.9 Å². The van der Waals surface area contributed by atoms with E-state index < -0.39 is 18.1 Å². The Morgan fingerprint density at radius 2 is 1.59 bits per heavy atom. The minimum absolute atomic E-state index is 0.126. The second-order valence-electron chi connectivity index (χ2n) is 7.57. The zero-order chi connectivity index (χ0) is 21.3. The first-order valence-corrected chi connectivity index (χ1v) is 9.68. The molecule has 0 spiro atoms. The van der Waals surface area contributed by atoms with E-state index in [1.807, 2.05) is 75.4 Å². The van der Waals surface area contributed by atoms with Crippen LogP contribution in [0.4, 0.5) is 4.79 Å². The van der Waals surface area contributed by atoms with Crippen molar-refractivity contribution in [1.82, 2.24) is 5.32 Å². The minimum atomic E-state index is -0.840. The summed E-state index contributed by atoms with van der Waals surface area (Å²) in [7, 11) is 0. The molecule has 1 atom stereocenters. The van der Waals surface area contributed by atoms with E-state index in [2.05, 4.69) is 5.32 Å². The smallest absolute Gasteiger partial charge is 0.408 e. The summed E-state index contributed by atoms with van der Waals surface area (Å²) in [4.78, 5) is 24.5. The predicted octanol–water partition coefficient (Wildman–Crippen LogP) is 4.26. The summed E-state index contributed by atoms with van der Waals surface area (Å²) in [5.74, 6) is 0.239. The summed E-state index contributed by atoms with van der Waals surface area (Å²) in [6.45, 7) is 8.00. The molecule has 1 N–H and O–H groups in total. The number of hydrogen-bond donors (Lipinski definition) is 1. The number of nitrogens with one attached hydrogen (secondary N) is 1. The Morgan fingerprint density at radius 3 is 2.17 bits per heavy atom. The quantitative estimate of drug-likeness (QED) is 0.671. The van der Waals surface area contributed by atoms with Crippen LogP contribution in [0, 0.1) is 0 Å². The Balaban J connectivity index is 1.98. The highest BCUT2D eigenvalue weighted by molar-refractivity contribution is 5.81. The largest absolute Gasteiger partial charge is 0.488 e. The van der Waals surface area contributed by atoms with Gasteiger partial charge in [0, 0.05) is 6.42 Å². The minimum Gasteiger partial charge on any atom is -0.488 e. The van der Waals surface area contributed by atoms with Crippen molar-refractivity contribution in [2.75, 3.05) is 6.61 Å². The van der Waals surface area contributed by atoms with E-state index in [-0.39, 0.29) is 25.2 Å². The van der Waals surface area contributed by atoms with Crippen LogP contribution in [0.1, 0.15) is 38.8 Å². The van der Waals surface area contributed by atoms with Crippen LogP contribution in [-0.2, 0) is 27.3 Å². The SMILES string of the molecule is CCOC(=O)C(Cc1ccc(OC(C)(C)C)cc1)NC(=O)OCc1ccccc1. The van der Waals surface area contributed by atoms with E-state index in [1.54, 1.807) is 6.92 Å². The van der Waals surface area contributed by atoms with E-state index in [1.165, 1.54) is 0 Å². The summed E-state index contributed by atoms with van der Waals surface area (Å²) < 4.78 is 16.1. The molecule has 2 rings (SSSR count). The van der Waals surface area contributed by atoms with Crippen molar-refractivity contribution < 1.29 is 23.8 Å². The first-order chi connectivity index (χ1) is 13.8. The zero-order valence-electron chi connectivity index (χ0n) is 17.4. The van der Waals surface area contributed by atoms with Gasteiger partial charge < -0.3 is 19.5 Å². The standard InChI is InChI=1S/C23H29NO5/c1-5-27-21(25)20(24-22(26)28-16-18-9-7-6-8-10-18)15-17-11-13-19(14-12-17)29-23(2,3)4/h6-14,20H,5,15-16H2,1-4H3,(H,24,26). The number of benzene rings is 2. The van der Waals surface area contributed by atoms with Crippen molar-refractivity contribution in [3.63, 3.8) is 0 Å². The fourth-order valence-electron chi connectivity index (χ4n) is 2.63.